The van der Waals surface area contributed by atoms with Gasteiger partial charge in [0.15, 0.2) is 8.29 Å². The normalized spacial score (nSPS) is 10.8. The third kappa shape index (κ3) is 3.38. The minimum atomic E-state index is 0.801. The van der Waals surface area contributed by atoms with Crippen LogP contribution >= 0.6 is 46.7 Å². The van der Waals surface area contributed by atoms with E-state index in [1.807, 2.05) is 46.4 Å². The first-order chi connectivity index (χ1) is 9.83. The first-order valence-electron chi connectivity index (χ1n) is 6.14. The van der Waals surface area contributed by atoms with E-state index in [2.05, 4.69) is 22.6 Å². The highest BCUT2D eigenvalue weighted by molar-refractivity contribution is 8.01. The van der Waals surface area contributed by atoms with Gasteiger partial charge in [0.1, 0.15) is 0 Å². The lowest BCUT2D eigenvalue weighted by molar-refractivity contribution is 0.829. The van der Waals surface area contributed by atoms with Crippen LogP contribution in [-0.2, 0) is 6.42 Å². The molecule has 1 aromatic carbocycles. The Hall–Kier alpha value is -0.950. The molecule has 0 fully saturated rings. The highest BCUT2D eigenvalue weighted by Crippen LogP contribution is 2.25. The smallest absolute Gasteiger partial charge is 0.184 e. The monoisotopic (exact) mass is 336 g/mol. The van der Waals surface area contributed by atoms with Crippen molar-refractivity contribution < 1.29 is 0 Å². The fraction of sp³-hybridized carbons (Fsp3) is 0.143. The maximum Gasteiger partial charge on any atom is 0.184 e. The summed E-state index contributed by atoms with van der Waals surface area (Å²) in [6.45, 7) is 0. The average molecular weight is 337 g/mol. The van der Waals surface area contributed by atoms with Crippen LogP contribution in [0, 0.1) is 3.95 Å². The molecule has 2 nitrogen and oxygen atoms in total. The summed E-state index contributed by atoms with van der Waals surface area (Å²) in [5.41, 5.74) is 1.03. The van der Waals surface area contributed by atoms with E-state index in [-0.39, 0.29) is 0 Å². The molecule has 0 saturated carbocycles. The highest BCUT2D eigenvalue weighted by Gasteiger charge is 2.06. The van der Waals surface area contributed by atoms with Gasteiger partial charge in [0.05, 0.1) is 5.69 Å². The fourth-order valence-corrected chi connectivity index (χ4v) is 4.99. The van der Waals surface area contributed by atoms with E-state index in [4.69, 9.17) is 12.2 Å². The summed E-state index contributed by atoms with van der Waals surface area (Å²) in [4.78, 5) is 1.42. The van der Waals surface area contributed by atoms with E-state index < -0.39 is 0 Å². The Morgan fingerprint density at radius 2 is 2.00 bits per heavy atom. The Kier molecular flexibility index (Phi) is 4.67. The van der Waals surface area contributed by atoms with Crippen molar-refractivity contribution >= 4 is 46.7 Å². The third-order valence-electron chi connectivity index (χ3n) is 2.68. The van der Waals surface area contributed by atoms with Crippen LogP contribution in [0.5, 0.6) is 0 Å². The minimum absolute atomic E-state index is 0.801. The van der Waals surface area contributed by atoms with Crippen LogP contribution in [0.25, 0.3) is 5.69 Å². The maximum atomic E-state index is 5.39. The van der Waals surface area contributed by atoms with Gasteiger partial charge < -0.3 is 0 Å². The fourth-order valence-electron chi connectivity index (χ4n) is 1.75. The van der Waals surface area contributed by atoms with Gasteiger partial charge in [0, 0.05) is 10.6 Å². The summed E-state index contributed by atoms with van der Waals surface area (Å²) in [6, 6.07) is 14.3. The molecule has 0 aliphatic rings. The predicted octanol–water partition coefficient (Wildman–Crippen LogP) is 5.06. The second-order valence-corrected chi connectivity index (χ2v) is 8.06. The maximum absolute atomic E-state index is 5.39. The molecule has 3 rings (SSSR count). The quantitative estimate of drug-likeness (QED) is 0.479. The predicted molar refractivity (Wildman–Crippen MR) is 91.0 cm³/mol. The third-order valence-corrected chi connectivity index (χ3v) is 5.99. The molecule has 0 radical (unpaired) electrons. The van der Waals surface area contributed by atoms with Crippen molar-refractivity contribution in [3.05, 3.63) is 56.7 Å². The molecule has 3 aromatic rings. The molecule has 102 valence electrons. The molecule has 0 bridgehead atoms. The van der Waals surface area contributed by atoms with Crippen LogP contribution in [0.3, 0.4) is 0 Å². The summed E-state index contributed by atoms with van der Waals surface area (Å²) >= 11 is 10.6. The van der Waals surface area contributed by atoms with Crippen molar-refractivity contribution in [2.75, 3.05) is 5.75 Å². The van der Waals surface area contributed by atoms with Crippen LogP contribution in [0.15, 0.2) is 52.2 Å². The number of para-hydroxylation sites is 1. The zero-order valence-electron chi connectivity index (χ0n) is 10.6. The molecule has 0 saturated heterocycles. The van der Waals surface area contributed by atoms with Crippen molar-refractivity contribution in [2.24, 2.45) is 0 Å². The molecule has 6 heteroatoms. The summed E-state index contributed by atoms with van der Waals surface area (Å²) in [6.07, 6.45) is 1.08. The molecular weight excluding hydrogens is 324 g/mol. The Labute approximate surface area is 135 Å². The largest absolute Gasteiger partial charge is 0.211 e. The van der Waals surface area contributed by atoms with Crippen LogP contribution in [-0.4, -0.2) is 15.5 Å². The van der Waals surface area contributed by atoms with Crippen molar-refractivity contribution in [2.45, 2.75) is 10.8 Å². The first kappa shape index (κ1) is 14.0. The Bertz CT molecular complexity index is 713. The highest BCUT2D eigenvalue weighted by atomic mass is 32.2. The van der Waals surface area contributed by atoms with Gasteiger partial charge in [0.25, 0.3) is 0 Å². The van der Waals surface area contributed by atoms with Gasteiger partial charge in [-0.2, -0.15) is 0 Å². The van der Waals surface area contributed by atoms with Crippen molar-refractivity contribution in [1.29, 1.82) is 0 Å². The average Bonchev–Trinajstić information content (AvgIpc) is 3.10. The standard InChI is InChI=1S/C14H12N2S4/c17-14-16(11-5-2-1-3-6-11)15-13(20-14)19-10-8-12-7-4-9-18-12/h1-7,9H,8,10H2. The van der Waals surface area contributed by atoms with Gasteiger partial charge in [-0.1, -0.05) is 47.4 Å². The first-order valence-corrected chi connectivity index (χ1v) is 9.23. The summed E-state index contributed by atoms with van der Waals surface area (Å²) in [7, 11) is 0. The lowest BCUT2D eigenvalue weighted by Gasteiger charge is -1.99. The van der Waals surface area contributed by atoms with Gasteiger partial charge in [-0.3, -0.25) is 0 Å². The van der Waals surface area contributed by atoms with Crippen molar-refractivity contribution in [3.63, 3.8) is 0 Å². The lowest BCUT2D eigenvalue weighted by atomic mass is 10.3. The van der Waals surface area contributed by atoms with Gasteiger partial charge in [-0.25, -0.2) is 4.68 Å². The molecule has 2 aromatic heterocycles. The van der Waals surface area contributed by atoms with Gasteiger partial charge in [-0.05, 0) is 42.2 Å². The van der Waals surface area contributed by atoms with Crippen LogP contribution in [0.4, 0.5) is 0 Å². The second kappa shape index (κ2) is 6.67. The number of benzene rings is 1. The SMILES string of the molecule is S=c1sc(SCCc2cccs2)nn1-c1ccccc1. The van der Waals surface area contributed by atoms with E-state index in [1.165, 1.54) is 4.88 Å². The Morgan fingerprint density at radius 1 is 1.15 bits per heavy atom. The number of thioether (sulfide) groups is 1. The minimum Gasteiger partial charge on any atom is -0.211 e. The van der Waals surface area contributed by atoms with E-state index in [0.29, 0.717) is 0 Å². The van der Waals surface area contributed by atoms with E-state index >= 15 is 0 Å². The molecular formula is C14H12N2S4. The zero-order valence-corrected chi connectivity index (χ0v) is 13.8. The molecule has 20 heavy (non-hydrogen) atoms. The molecule has 0 amide bonds. The number of aryl methyl sites for hydroxylation is 1. The summed E-state index contributed by atoms with van der Waals surface area (Å²) in [5, 5.41) is 6.72. The molecule has 0 atom stereocenters. The van der Waals surface area contributed by atoms with Gasteiger partial charge >= 0.3 is 0 Å². The van der Waals surface area contributed by atoms with E-state index in [0.717, 1.165) is 26.2 Å². The topological polar surface area (TPSA) is 17.8 Å². The number of thiophene rings is 1. The number of hydrogen-bond acceptors (Lipinski definition) is 5. The number of hydrogen-bond donors (Lipinski definition) is 0. The van der Waals surface area contributed by atoms with Crippen LogP contribution in [0.2, 0.25) is 0 Å². The molecule has 0 N–H and O–H groups in total. The van der Waals surface area contributed by atoms with Gasteiger partial charge in [-0.15, -0.1) is 16.4 Å². The summed E-state index contributed by atoms with van der Waals surface area (Å²) in [5.74, 6) is 1.04. The molecule has 0 aliphatic heterocycles. The zero-order chi connectivity index (χ0) is 13.8. The van der Waals surface area contributed by atoms with Crippen LogP contribution < -0.4 is 0 Å². The number of aromatic nitrogens is 2. The lowest BCUT2D eigenvalue weighted by Crippen LogP contribution is -1.95. The second-order valence-electron chi connectivity index (χ2n) is 4.06. The molecule has 0 unspecified atom stereocenters. The van der Waals surface area contributed by atoms with Gasteiger partial charge in [0.2, 0.25) is 0 Å². The number of nitrogens with zero attached hydrogens (tertiary/aromatic N) is 2. The van der Waals surface area contributed by atoms with E-state index in [9.17, 15) is 0 Å². The molecule has 2 heterocycles. The van der Waals surface area contributed by atoms with Crippen LogP contribution in [0.1, 0.15) is 4.88 Å². The Balaban J connectivity index is 1.68. The Morgan fingerprint density at radius 3 is 2.75 bits per heavy atom. The van der Waals surface area contributed by atoms with E-state index in [1.54, 1.807) is 23.1 Å². The summed E-state index contributed by atoms with van der Waals surface area (Å²) < 4.78 is 3.68. The van der Waals surface area contributed by atoms with Crippen molar-refractivity contribution in [1.82, 2.24) is 9.78 Å². The molecule has 0 aliphatic carbocycles. The number of rotatable bonds is 5. The van der Waals surface area contributed by atoms with Crippen molar-refractivity contribution in [3.8, 4) is 5.69 Å². The molecule has 0 spiro atoms.